The first-order valence-corrected chi connectivity index (χ1v) is 10.6. The van der Waals surface area contributed by atoms with Crippen LogP contribution in [0, 0.1) is 17.7 Å². The van der Waals surface area contributed by atoms with Crippen molar-refractivity contribution in [3.8, 4) is 17.2 Å². The van der Waals surface area contributed by atoms with E-state index in [0.29, 0.717) is 17.7 Å². The quantitative estimate of drug-likeness (QED) is 0.589. The smallest absolute Gasteiger partial charge is 0.188 e. The van der Waals surface area contributed by atoms with Gasteiger partial charge in [-0.25, -0.2) is 9.37 Å². The molecule has 1 saturated carbocycles. The zero-order valence-electron chi connectivity index (χ0n) is 17.9. The Morgan fingerprint density at radius 3 is 2.63 bits per heavy atom. The van der Waals surface area contributed by atoms with Crippen LogP contribution in [0.25, 0.3) is 0 Å². The SMILES string of the molecule is COc1ccnc(C(=O)C(C)[C@H](C)Cc2ccc(OC3CCCCC3)cc2F)c1O. The molecule has 1 aliphatic rings. The maximum absolute atomic E-state index is 14.7. The number of hydrogen-bond acceptors (Lipinski definition) is 5. The van der Waals surface area contributed by atoms with Crippen molar-refractivity contribution < 1.29 is 23.8 Å². The van der Waals surface area contributed by atoms with Crippen molar-refractivity contribution in [3.63, 3.8) is 0 Å². The van der Waals surface area contributed by atoms with Gasteiger partial charge in [-0.2, -0.15) is 0 Å². The maximum atomic E-state index is 14.7. The van der Waals surface area contributed by atoms with Gasteiger partial charge in [-0.15, -0.1) is 0 Å². The third-order valence-electron chi connectivity index (χ3n) is 6.03. The van der Waals surface area contributed by atoms with Crippen LogP contribution < -0.4 is 9.47 Å². The Balaban J connectivity index is 1.66. The summed E-state index contributed by atoms with van der Waals surface area (Å²) in [6, 6.07) is 6.48. The normalized spacial score (nSPS) is 16.7. The topological polar surface area (TPSA) is 68.7 Å². The Hall–Kier alpha value is -2.63. The Bertz CT molecular complexity index is 880. The van der Waals surface area contributed by atoms with Crippen LogP contribution in [0.2, 0.25) is 0 Å². The Morgan fingerprint density at radius 2 is 1.97 bits per heavy atom. The second-order valence-corrected chi connectivity index (χ2v) is 8.18. The number of pyridine rings is 1. The predicted octanol–water partition coefficient (Wildman–Crippen LogP) is 5.34. The molecule has 1 aromatic heterocycles. The number of aromatic hydroxyl groups is 1. The average molecular weight is 416 g/mol. The summed E-state index contributed by atoms with van der Waals surface area (Å²) in [7, 11) is 1.42. The van der Waals surface area contributed by atoms with E-state index < -0.39 is 5.92 Å². The van der Waals surface area contributed by atoms with Crippen LogP contribution in [-0.4, -0.2) is 29.1 Å². The second-order valence-electron chi connectivity index (χ2n) is 8.18. The molecule has 0 bridgehead atoms. The van der Waals surface area contributed by atoms with Crippen LogP contribution in [0.15, 0.2) is 30.5 Å². The summed E-state index contributed by atoms with van der Waals surface area (Å²) in [5.74, 6) is -0.719. The monoisotopic (exact) mass is 415 g/mol. The van der Waals surface area contributed by atoms with E-state index in [2.05, 4.69) is 4.98 Å². The molecule has 6 heteroatoms. The molecule has 1 N–H and O–H groups in total. The number of nitrogens with zero attached hydrogens (tertiary/aromatic N) is 1. The molecule has 1 unspecified atom stereocenters. The molecular formula is C24H30FNO4. The number of ether oxygens (including phenoxy) is 2. The molecule has 1 aliphatic carbocycles. The lowest BCUT2D eigenvalue weighted by Crippen LogP contribution is -2.22. The summed E-state index contributed by atoms with van der Waals surface area (Å²) in [5.41, 5.74) is 0.520. The van der Waals surface area contributed by atoms with Crippen molar-refractivity contribution in [1.29, 1.82) is 0 Å². The summed E-state index contributed by atoms with van der Waals surface area (Å²) in [6.45, 7) is 3.66. The molecule has 1 heterocycles. The molecular weight excluding hydrogens is 385 g/mol. The molecule has 0 saturated heterocycles. The van der Waals surface area contributed by atoms with E-state index in [1.165, 1.54) is 31.9 Å². The highest BCUT2D eigenvalue weighted by molar-refractivity contribution is 5.99. The number of benzene rings is 1. The first kappa shape index (κ1) is 22.1. The number of ketones is 1. The Kier molecular flexibility index (Phi) is 7.29. The maximum Gasteiger partial charge on any atom is 0.188 e. The van der Waals surface area contributed by atoms with Crippen molar-refractivity contribution in [2.24, 2.45) is 11.8 Å². The number of aromatic nitrogens is 1. The fourth-order valence-corrected chi connectivity index (χ4v) is 3.92. The van der Waals surface area contributed by atoms with Gasteiger partial charge < -0.3 is 14.6 Å². The van der Waals surface area contributed by atoms with Crippen molar-refractivity contribution >= 4 is 5.78 Å². The van der Waals surface area contributed by atoms with Crippen molar-refractivity contribution in [2.45, 2.75) is 58.5 Å². The fourth-order valence-electron chi connectivity index (χ4n) is 3.92. The lowest BCUT2D eigenvalue weighted by Gasteiger charge is -2.23. The van der Waals surface area contributed by atoms with E-state index in [-0.39, 0.29) is 40.8 Å². The van der Waals surface area contributed by atoms with Crippen molar-refractivity contribution in [3.05, 3.63) is 47.5 Å². The van der Waals surface area contributed by atoms with E-state index in [4.69, 9.17) is 9.47 Å². The molecule has 162 valence electrons. The van der Waals surface area contributed by atoms with Gasteiger partial charge in [0, 0.05) is 24.2 Å². The summed E-state index contributed by atoms with van der Waals surface area (Å²) in [4.78, 5) is 16.8. The first-order chi connectivity index (χ1) is 14.4. The zero-order valence-corrected chi connectivity index (χ0v) is 17.9. The van der Waals surface area contributed by atoms with E-state index in [1.54, 1.807) is 13.0 Å². The van der Waals surface area contributed by atoms with Gasteiger partial charge in [-0.3, -0.25) is 4.79 Å². The molecule has 2 atom stereocenters. The number of halogens is 1. The van der Waals surface area contributed by atoms with Gasteiger partial charge in [0.2, 0.25) is 0 Å². The van der Waals surface area contributed by atoms with Crippen LogP contribution in [0.5, 0.6) is 17.2 Å². The van der Waals surface area contributed by atoms with Gasteiger partial charge in [0.1, 0.15) is 11.6 Å². The standard InChI is InChI=1S/C24H30FNO4/c1-15(16(2)23(27)22-24(28)21(29-3)11-12-26-22)13-17-9-10-19(14-20(17)25)30-18-7-5-4-6-8-18/h9-12,14-16,18,28H,4-8,13H2,1-3H3/t15-,16?/m1/s1. The molecule has 1 fully saturated rings. The molecule has 30 heavy (non-hydrogen) atoms. The van der Waals surface area contributed by atoms with Crippen LogP contribution >= 0.6 is 0 Å². The molecule has 3 rings (SSSR count). The van der Waals surface area contributed by atoms with Crippen LogP contribution in [-0.2, 0) is 6.42 Å². The Labute approximate surface area is 177 Å². The van der Waals surface area contributed by atoms with Crippen LogP contribution in [0.1, 0.15) is 62.0 Å². The van der Waals surface area contributed by atoms with E-state index in [9.17, 15) is 14.3 Å². The van der Waals surface area contributed by atoms with Gasteiger partial charge in [-0.05, 0) is 49.7 Å². The lowest BCUT2D eigenvalue weighted by molar-refractivity contribution is 0.0883. The predicted molar refractivity (Wildman–Crippen MR) is 113 cm³/mol. The third kappa shape index (κ3) is 5.10. The summed E-state index contributed by atoms with van der Waals surface area (Å²) >= 11 is 0. The molecule has 0 spiro atoms. The third-order valence-corrected chi connectivity index (χ3v) is 6.03. The Morgan fingerprint density at radius 1 is 1.23 bits per heavy atom. The largest absolute Gasteiger partial charge is 0.503 e. The van der Waals surface area contributed by atoms with E-state index >= 15 is 0 Å². The fraction of sp³-hybridized carbons (Fsp3) is 0.500. The van der Waals surface area contributed by atoms with Gasteiger partial charge in [0.05, 0.1) is 13.2 Å². The number of rotatable bonds is 8. The van der Waals surface area contributed by atoms with Crippen molar-refractivity contribution in [2.75, 3.05) is 7.11 Å². The first-order valence-electron chi connectivity index (χ1n) is 10.6. The minimum atomic E-state index is -0.451. The molecule has 0 aliphatic heterocycles. The second kappa shape index (κ2) is 9.92. The number of hydrogen-bond donors (Lipinski definition) is 1. The highest BCUT2D eigenvalue weighted by atomic mass is 19.1. The number of carbonyl (C=O) groups excluding carboxylic acids is 1. The van der Waals surface area contributed by atoms with E-state index in [1.807, 2.05) is 13.0 Å². The molecule has 1 aromatic carbocycles. The van der Waals surface area contributed by atoms with Crippen molar-refractivity contribution in [1.82, 2.24) is 4.98 Å². The van der Waals surface area contributed by atoms with E-state index in [0.717, 1.165) is 25.7 Å². The summed E-state index contributed by atoms with van der Waals surface area (Å²) in [6.07, 6.45) is 7.59. The lowest BCUT2D eigenvalue weighted by atomic mass is 9.85. The van der Waals surface area contributed by atoms with Crippen LogP contribution in [0.4, 0.5) is 4.39 Å². The molecule has 5 nitrogen and oxygen atoms in total. The zero-order chi connectivity index (χ0) is 21.7. The summed E-state index contributed by atoms with van der Waals surface area (Å²) < 4.78 is 25.7. The van der Waals surface area contributed by atoms with Gasteiger partial charge >= 0.3 is 0 Å². The summed E-state index contributed by atoms with van der Waals surface area (Å²) in [5, 5.41) is 10.2. The number of carbonyl (C=O) groups is 1. The molecule has 0 radical (unpaired) electrons. The highest BCUT2D eigenvalue weighted by Crippen LogP contribution is 2.32. The molecule has 2 aromatic rings. The average Bonchev–Trinajstić information content (AvgIpc) is 2.75. The minimum Gasteiger partial charge on any atom is -0.503 e. The minimum absolute atomic E-state index is 0.0228. The van der Waals surface area contributed by atoms with Gasteiger partial charge in [0.15, 0.2) is 23.0 Å². The highest BCUT2D eigenvalue weighted by Gasteiger charge is 2.27. The molecule has 0 amide bonds. The van der Waals surface area contributed by atoms with Gasteiger partial charge in [0.25, 0.3) is 0 Å². The van der Waals surface area contributed by atoms with Crippen LogP contribution in [0.3, 0.4) is 0 Å². The number of Topliss-reactive ketones (excluding diaryl/α,β-unsaturated/α-hetero) is 1. The number of methoxy groups -OCH3 is 1. The van der Waals surface area contributed by atoms with Gasteiger partial charge in [-0.1, -0.05) is 26.3 Å².